The summed E-state index contributed by atoms with van der Waals surface area (Å²) in [6.07, 6.45) is 8.52. The average Bonchev–Trinajstić information content (AvgIpc) is 2.84. The summed E-state index contributed by atoms with van der Waals surface area (Å²) in [6.45, 7) is 6.02. The normalized spacial score (nSPS) is 15.3. The minimum Gasteiger partial charge on any atom is -0.342 e. The zero-order chi connectivity index (χ0) is 16.9. The van der Waals surface area contributed by atoms with Crippen molar-refractivity contribution in [1.29, 1.82) is 0 Å². The van der Waals surface area contributed by atoms with Crippen LogP contribution in [0.15, 0.2) is 35.7 Å². The molecule has 0 saturated carbocycles. The lowest BCUT2D eigenvalue weighted by molar-refractivity contribution is -0.128. The third-order valence-corrected chi connectivity index (χ3v) is 5.33. The van der Waals surface area contributed by atoms with Crippen LogP contribution in [0.25, 0.3) is 5.69 Å². The van der Waals surface area contributed by atoms with Crippen molar-refractivity contribution in [2.75, 3.05) is 18.8 Å². The molecule has 1 fully saturated rings. The summed E-state index contributed by atoms with van der Waals surface area (Å²) >= 11 is 1.53. The van der Waals surface area contributed by atoms with Gasteiger partial charge in [-0.1, -0.05) is 30.7 Å². The van der Waals surface area contributed by atoms with E-state index in [4.69, 9.17) is 0 Å². The fourth-order valence-electron chi connectivity index (χ4n) is 3.22. The number of rotatable bonds is 4. The van der Waals surface area contributed by atoms with Crippen LogP contribution >= 0.6 is 11.8 Å². The summed E-state index contributed by atoms with van der Waals surface area (Å²) in [6, 6.07) is 6.46. The van der Waals surface area contributed by atoms with Crippen molar-refractivity contribution in [2.45, 2.75) is 44.7 Å². The van der Waals surface area contributed by atoms with Crippen molar-refractivity contribution in [3.05, 3.63) is 41.7 Å². The summed E-state index contributed by atoms with van der Waals surface area (Å²) in [5.74, 6) is 0.693. The van der Waals surface area contributed by atoms with Crippen molar-refractivity contribution < 1.29 is 4.79 Å². The molecule has 0 bridgehead atoms. The highest BCUT2D eigenvalue weighted by Crippen LogP contribution is 2.23. The number of thioether (sulfide) groups is 1. The van der Waals surface area contributed by atoms with Gasteiger partial charge in [0.25, 0.3) is 0 Å². The summed E-state index contributed by atoms with van der Waals surface area (Å²) < 4.78 is 2.07. The lowest BCUT2D eigenvalue weighted by Gasteiger charge is -2.20. The number of aryl methyl sites for hydroxylation is 2. The van der Waals surface area contributed by atoms with E-state index in [2.05, 4.69) is 41.6 Å². The molecule has 5 heteroatoms. The SMILES string of the molecule is Cc1cc(C)cc(-n2ccnc2SCC(=O)N2CCCCCC2)c1. The van der Waals surface area contributed by atoms with E-state index in [0.717, 1.165) is 36.8 Å². The molecule has 1 amide bonds. The number of nitrogens with zero attached hydrogens (tertiary/aromatic N) is 3. The molecule has 2 heterocycles. The molecule has 128 valence electrons. The lowest BCUT2D eigenvalue weighted by atomic mass is 10.1. The fourth-order valence-corrected chi connectivity index (χ4v) is 4.10. The van der Waals surface area contributed by atoms with Crippen molar-refractivity contribution in [3.8, 4) is 5.69 Å². The van der Waals surface area contributed by atoms with E-state index in [1.807, 2.05) is 11.1 Å². The Morgan fingerprint density at radius 3 is 2.42 bits per heavy atom. The minimum atomic E-state index is 0.233. The third-order valence-electron chi connectivity index (χ3n) is 4.37. The van der Waals surface area contributed by atoms with Crippen molar-refractivity contribution in [3.63, 3.8) is 0 Å². The number of hydrogen-bond acceptors (Lipinski definition) is 3. The van der Waals surface area contributed by atoms with E-state index in [1.54, 1.807) is 6.20 Å². The molecular formula is C19H25N3OS. The highest BCUT2D eigenvalue weighted by Gasteiger charge is 2.17. The molecule has 1 aromatic carbocycles. The largest absolute Gasteiger partial charge is 0.342 e. The maximum atomic E-state index is 12.5. The van der Waals surface area contributed by atoms with Crippen LogP contribution in [-0.4, -0.2) is 39.2 Å². The molecule has 0 spiro atoms. The number of carbonyl (C=O) groups excluding carboxylic acids is 1. The van der Waals surface area contributed by atoms with Crippen LogP contribution in [0.5, 0.6) is 0 Å². The second kappa shape index (κ2) is 7.88. The van der Waals surface area contributed by atoms with E-state index in [9.17, 15) is 4.79 Å². The number of carbonyl (C=O) groups is 1. The topological polar surface area (TPSA) is 38.1 Å². The van der Waals surface area contributed by atoms with Gasteiger partial charge in [0.15, 0.2) is 5.16 Å². The van der Waals surface area contributed by atoms with Crippen LogP contribution in [-0.2, 0) is 4.79 Å². The maximum absolute atomic E-state index is 12.5. The van der Waals surface area contributed by atoms with E-state index in [0.29, 0.717) is 5.75 Å². The fraction of sp³-hybridized carbons (Fsp3) is 0.474. The van der Waals surface area contributed by atoms with Gasteiger partial charge in [-0.2, -0.15) is 0 Å². The van der Waals surface area contributed by atoms with Crippen LogP contribution in [0.4, 0.5) is 0 Å². The number of hydrogen-bond donors (Lipinski definition) is 0. The first-order valence-corrected chi connectivity index (χ1v) is 9.64. The highest BCUT2D eigenvalue weighted by molar-refractivity contribution is 7.99. The van der Waals surface area contributed by atoms with Crippen molar-refractivity contribution in [1.82, 2.24) is 14.5 Å². The molecule has 0 N–H and O–H groups in total. The predicted molar refractivity (Wildman–Crippen MR) is 98.8 cm³/mol. The summed E-state index contributed by atoms with van der Waals surface area (Å²) in [5, 5.41) is 0.878. The van der Waals surface area contributed by atoms with Gasteiger partial charge in [-0.25, -0.2) is 4.98 Å². The summed E-state index contributed by atoms with van der Waals surface area (Å²) in [7, 11) is 0. The molecule has 1 aliphatic rings. The molecule has 3 rings (SSSR count). The third kappa shape index (κ3) is 4.20. The number of aromatic nitrogens is 2. The molecule has 0 atom stereocenters. The molecule has 1 saturated heterocycles. The first-order valence-electron chi connectivity index (χ1n) is 8.66. The second-order valence-corrected chi connectivity index (χ2v) is 7.45. The zero-order valence-corrected chi connectivity index (χ0v) is 15.3. The van der Waals surface area contributed by atoms with E-state index in [-0.39, 0.29) is 5.91 Å². The Hall–Kier alpha value is -1.75. The van der Waals surface area contributed by atoms with Gasteiger partial charge in [0.05, 0.1) is 5.75 Å². The molecule has 4 nitrogen and oxygen atoms in total. The Kier molecular flexibility index (Phi) is 5.61. The molecule has 24 heavy (non-hydrogen) atoms. The molecule has 1 aromatic heterocycles. The number of benzene rings is 1. The van der Waals surface area contributed by atoms with Gasteiger partial charge in [0.1, 0.15) is 0 Å². The zero-order valence-electron chi connectivity index (χ0n) is 14.5. The van der Waals surface area contributed by atoms with Gasteiger partial charge in [-0.05, 0) is 49.9 Å². The molecule has 0 radical (unpaired) electrons. The summed E-state index contributed by atoms with van der Waals surface area (Å²) in [4.78, 5) is 18.9. The van der Waals surface area contributed by atoms with Crippen molar-refractivity contribution >= 4 is 17.7 Å². The highest BCUT2D eigenvalue weighted by atomic mass is 32.2. The first kappa shape index (κ1) is 17.1. The Morgan fingerprint density at radius 2 is 1.75 bits per heavy atom. The van der Waals surface area contributed by atoms with Gasteiger partial charge in [0, 0.05) is 31.2 Å². The Bertz CT molecular complexity index is 682. The summed E-state index contributed by atoms with van der Waals surface area (Å²) in [5.41, 5.74) is 3.57. The average molecular weight is 343 g/mol. The quantitative estimate of drug-likeness (QED) is 0.788. The van der Waals surface area contributed by atoms with Crippen LogP contribution < -0.4 is 0 Å². The van der Waals surface area contributed by atoms with Gasteiger partial charge in [-0.3, -0.25) is 9.36 Å². The van der Waals surface area contributed by atoms with Crippen molar-refractivity contribution in [2.24, 2.45) is 0 Å². The Morgan fingerprint density at radius 1 is 1.08 bits per heavy atom. The van der Waals surface area contributed by atoms with Gasteiger partial charge in [0.2, 0.25) is 5.91 Å². The van der Waals surface area contributed by atoms with Crippen LogP contribution in [0.1, 0.15) is 36.8 Å². The number of amides is 1. The van der Waals surface area contributed by atoms with Crippen LogP contribution in [0.3, 0.4) is 0 Å². The van der Waals surface area contributed by atoms with Crippen LogP contribution in [0.2, 0.25) is 0 Å². The Balaban J connectivity index is 1.68. The molecular weight excluding hydrogens is 318 g/mol. The molecule has 1 aliphatic heterocycles. The first-order chi connectivity index (χ1) is 11.6. The number of likely N-dealkylation sites (tertiary alicyclic amines) is 1. The lowest BCUT2D eigenvalue weighted by Crippen LogP contribution is -2.33. The van der Waals surface area contributed by atoms with E-state index < -0.39 is 0 Å². The van der Waals surface area contributed by atoms with Crippen LogP contribution in [0, 0.1) is 13.8 Å². The van der Waals surface area contributed by atoms with Gasteiger partial charge < -0.3 is 4.90 Å². The van der Waals surface area contributed by atoms with Gasteiger partial charge in [-0.15, -0.1) is 0 Å². The molecule has 0 aliphatic carbocycles. The van der Waals surface area contributed by atoms with Gasteiger partial charge >= 0.3 is 0 Å². The number of imidazole rings is 1. The standard InChI is InChI=1S/C19H25N3OS/c1-15-11-16(2)13-17(12-15)22-10-7-20-19(22)24-14-18(23)21-8-5-3-4-6-9-21/h7,10-13H,3-6,8-9,14H2,1-2H3. The second-order valence-electron chi connectivity index (χ2n) is 6.51. The maximum Gasteiger partial charge on any atom is 0.233 e. The Labute approximate surface area is 148 Å². The van der Waals surface area contributed by atoms with E-state index in [1.165, 1.54) is 35.7 Å². The molecule has 2 aromatic rings. The molecule has 0 unspecified atom stereocenters. The minimum absolute atomic E-state index is 0.233. The van der Waals surface area contributed by atoms with E-state index >= 15 is 0 Å². The predicted octanol–water partition coefficient (Wildman–Crippen LogP) is 3.98. The smallest absolute Gasteiger partial charge is 0.233 e. The monoisotopic (exact) mass is 343 g/mol.